The second-order valence-corrected chi connectivity index (χ2v) is 10.9. The van der Waals surface area contributed by atoms with Gasteiger partial charge in [0.25, 0.3) is 0 Å². The predicted octanol–water partition coefficient (Wildman–Crippen LogP) is 2.42. The zero-order valence-electron chi connectivity index (χ0n) is 21.9. The van der Waals surface area contributed by atoms with E-state index in [0.29, 0.717) is 30.7 Å². The van der Waals surface area contributed by atoms with Gasteiger partial charge in [0, 0.05) is 81.4 Å². The van der Waals surface area contributed by atoms with Gasteiger partial charge in [0.15, 0.2) is 0 Å². The van der Waals surface area contributed by atoms with Gasteiger partial charge in [-0.15, -0.1) is 0 Å². The number of piperazine rings is 2. The summed E-state index contributed by atoms with van der Waals surface area (Å²) in [4.78, 5) is 18.7. The first-order valence-electron chi connectivity index (χ1n) is 13.6. The van der Waals surface area contributed by atoms with Crippen LogP contribution in [0.4, 0.5) is 15.9 Å². The van der Waals surface area contributed by atoms with Crippen LogP contribution in [0.15, 0.2) is 48.8 Å². The van der Waals surface area contributed by atoms with E-state index in [1.807, 2.05) is 29.3 Å². The van der Waals surface area contributed by atoms with Crippen molar-refractivity contribution in [3.8, 4) is 6.07 Å². The molecule has 2 aromatic heterocycles. The monoisotopic (exact) mass is 514 g/mol. The molecule has 2 N–H and O–H groups in total. The number of halogens is 1. The van der Waals surface area contributed by atoms with Crippen LogP contribution in [0.3, 0.4) is 0 Å². The van der Waals surface area contributed by atoms with E-state index >= 15 is 0 Å². The number of nitriles is 1. The number of benzene rings is 1. The molecule has 3 aromatic rings. The van der Waals surface area contributed by atoms with E-state index in [1.54, 1.807) is 6.20 Å². The lowest BCUT2D eigenvalue weighted by Gasteiger charge is -2.51. The minimum absolute atomic E-state index is 0.323. The normalized spacial score (nSPS) is 26.5. The molecule has 0 radical (unpaired) electrons. The first kappa shape index (κ1) is 25.0. The van der Waals surface area contributed by atoms with Crippen LogP contribution < -0.4 is 15.5 Å². The van der Waals surface area contributed by atoms with Crippen molar-refractivity contribution in [2.24, 2.45) is 5.73 Å². The van der Waals surface area contributed by atoms with Crippen molar-refractivity contribution in [2.75, 3.05) is 62.2 Å². The van der Waals surface area contributed by atoms with Crippen LogP contribution in [-0.4, -0.2) is 96.4 Å². The van der Waals surface area contributed by atoms with E-state index in [0.717, 1.165) is 62.4 Å². The molecule has 3 aliphatic heterocycles. The molecule has 198 valence electrons. The summed E-state index contributed by atoms with van der Waals surface area (Å²) >= 11 is 0. The third kappa shape index (κ3) is 4.80. The fourth-order valence-corrected chi connectivity index (χ4v) is 6.37. The molecule has 3 saturated heterocycles. The van der Waals surface area contributed by atoms with E-state index in [-0.39, 0.29) is 0 Å². The van der Waals surface area contributed by atoms with Gasteiger partial charge in [-0.25, -0.2) is 9.37 Å². The molecule has 6 rings (SSSR count). The minimum atomic E-state index is -0.985. The van der Waals surface area contributed by atoms with Gasteiger partial charge in [0.2, 0.25) is 0 Å². The standard InChI is InChI=1S/C29H35FN8/c1-20-15-36(27-6-5-22(13-31)29-24(27)3-2-9-33-29)17-23-16-35(11-12-38(20)23)10-8-21-4-7-28(34-14-21)37-18-25(30)26(32)19-37/h2-7,9,14,20,23,25-26H,8,10-12,15-19,32H2,1H3/t20-,23+,25+,26-/m1/s1. The molecule has 0 amide bonds. The Balaban J connectivity index is 1.10. The largest absolute Gasteiger partial charge is 0.368 e. The lowest BCUT2D eigenvalue weighted by molar-refractivity contribution is 0.0356. The maximum atomic E-state index is 13.8. The summed E-state index contributed by atoms with van der Waals surface area (Å²) in [6, 6.07) is 14.9. The van der Waals surface area contributed by atoms with Gasteiger partial charge >= 0.3 is 0 Å². The molecule has 8 nitrogen and oxygen atoms in total. The summed E-state index contributed by atoms with van der Waals surface area (Å²) in [5.41, 5.74) is 9.60. The van der Waals surface area contributed by atoms with Crippen molar-refractivity contribution in [3.63, 3.8) is 0 Å². The smallest absolute Gasteiger partial charge is 0.134 e. The van der Waals surface area contributed by atoms with Gasteiger partial charge in [-0.05, 0) is 49.2 Å². The fourth-order valence-electron chi connectivity index (χ4n) is 6.37. The molecular formula is C29H35FN8. The summed E-state index contributed by atoms with van der Waals surface area (Å²) in [6.45, 7) is 9.26. The van der Waals surface area contributed by atoms with Gasteiger partial charge < -0.3 is 20.4 Å². The predicted molar refractivity (Wildman–Crippen MR) is 148 cm³/mol. The van der Waals surface area contributed by atoms with Crippen LogP contribution >= 0.6 is 0 Å². The molecule has 0 spiro atoms. The van der Waals surface area contributed by atoms with E-state index in [9.17, 15) is 9.65 Å². The number of alkyl halides is 1. The Labute approximate surface area is 223 Å². The first-order valence-corrected chi connectivity index (χ1v) is 13.6. The van der Waals surface area contributed by atoms with Gasteiger partial charge in [-0.1, -0.05) is 6.07 Å². The van der Waals surface area contributed by atoms with Crippen LogP contribution in [-0.2, 0) is 6.42 Å². The molecule has 38 heavy (non-hydrogen) atoms. The first-order chi connectivity index (χ1) is 18.5. The number of fused-ring (bicyclic) bond motifs is 2. The maximum Gasteiger partial charge on any atom is 0.134 e. The Morgan fingerprint density at radius 1 is 1.03 bits per heavy atom. The number of aromatic nitrogens is 2. The molecular weight excluding hydrogens is 479 g/mol. The molecule has 0 saturated carbocycles. The average molecular weight is 515 g/mol. The zero-order chi connectivity index (χ0) is 26.2. The Kier molecular flexibility index (Phi) is 6.87. The van der Waals surface area contributed by atoms with Crippen LogP contribution in [0.2, 0.25) is 0 Å². The second-order valence-electron chi connectivity index (χ2n) is 10.9. The Morgan fingerprint density at radius 3 is 2.68 bits per heavy atom. The highest BCUT2D eigenvalue weighted by atomic mass is 19.1. The van der Waals surface area contributed by atoms with Crippen LogP contribution in [0.5, 0.6) is 0 Å². The van der Waals surface area contributed by atoms with Gasteiger partial charge in [-0.2, -0.15) is 5.26 Å². The third-order valence-corrected chi connectivity index (χ3v) is 8.44. The van der Waals surface area contributed by atoms with E-state index in [4.69, 9.17) is 5.73 Å². The van der Waals surface area contributed by atoms with Gasteiger partial charge in [-0.3, -0.25) is 9.88 Å². The Bertz CT molecular complexity index is 1310. The number of hydrogen-bond acceptors (Lipinski definition) is 8. The van der Waals surface area contributed by atoms with Crippen molar-refractivity contribution in [1.82, 2.24) is 19.8 Å². The van der Waals surface area contributed by atoms with Crippen molar-refractivity contribution < 1.29 is 4.39 Å². The second kappa shape index (κ2) is 10.4. The highest BCUT2D eigenvalue weighted by Crippen LogP contribution is 2.32. The fraction of sp³-hybridized carbons (Fsp3) is 0.483. The van der Waals surface area contributed by atoms with Crippen LogP contribution in [0.25, 0.3) is 10.9 Å². The number of pyridine rings is 2. The number of nitrogens with zero attached hydrogens (tertiary/aromatic N) is 7. The van der Waals surface area contributed by atoms with Crippen LogP contribution in [0, 0.1) is 11.3 Å². The van der Waals surface area contributed by atoms with Gasteiger partial charge in [0.1, 0.15) is 18.1 Å². The van der Waals surface area contributed by atoms with E-state index in [2.05, 4.69) is 55.9 Å². The van der Waals surface area contributed by atoms with Crippen molar-refractivity contribution in [1.29, 1.82) is 5.26 Å². The molecule has 3 fully saturated rings. The lowest BCUT2D eigenvalue weighted by atomic mass is 10.0. The zero-order valence-corrected chi connectivity index (χ0v) is 21.9. The highest BCUT2D eigenvalue weighted by molar-refractivity contribution is 5.95. The quantitative estimate of drug-likeness (QED) is 0.556. The number of nitrogens with two attached hydrogens (primary N) is 1. The molecule has 0 aliphatic carbocycles. The summed E-state index contributed by atoms with van der Waals surface area (Å²) in [7, 11) is 0. The third-order valence-electron chi connectivity index (χ3n) is 8.44. The van der Waals surface area contributed by atoms with Crippen molar-refractivity contribution in [3.05, 3.63) is 59.9 Å². The molecule has 5 heterocycles. The van der Waals surface area contributed by atoms with Gasteiger partial charge in [0.05, 0.1) is 23.7 Å². The van der Waals surface area contributed by atoms with Crippen LogP contribution in [0.1, 0.15) is 18.1 Å². The Hall–Kier alpha value is -3.32. The topological polar surface area (TPSA) is 88.5 Å². The molecule has 0 unspecified atom stereocenters. The lowest BCUT2D eigenvalue weighted by Crippen LogP contribution is -2.65. The van der Waals surface area contributed by atoms with Crippen molar-refractivity contribution >= 4 is 22.4 Å². The number of anilines is 2. The molecule has 3 aliphatic rings. The summed E-state index contributed by atoms with van der Waals surface area (Å²) < 4.78 is 13.8. The van der Waals surface area contributed by atoms with E-state index in [1.165, 1.54) is 11.3 Å². The minimum Gasteiger partial charge on any atom is -0.368 e. The molecule has 1 aromatic carbocycles. The average Bonchev–Trinajstić information content (AvgIpc) is 3.29. The highest BCUT2D eigenvalue weighted by Gasteiger charge is 2.36. The summed E-state index contributed by atoms with van der Waals surface area (Å²) in [6.07, 6.45) is 3.64. The van der Waals surface area contributed by atoms with Crippen molar-refractivity contribution in [2.45, 2.75) is 37.6 Å². The van der Waals surface area contributed by atoms with E-state index < -0.39 is 12.2 Å². The number of hydrogen-bond donors (Lipinski definition) is 1. The Morgan fingerprint density at radius 2 is 1.92 bits per heavy atom. The maximum absolute atomic E-state index is 13.8. The molecule has 0 bridgehead atoms. The summed E-state index contributed by atoms with van der Waals surface area (Å²) in [5, 5.41) is 10.6. The SMILES string of the molecule is C[C@@H]1CN(c2ccc(C#N)c3ncccc23)C[C@@H]2CN(CCc3ccc(N4C[C@@H](N)[C@@H](F)C4)nc3)CCN21. The number of rotatable bonds is 5. The molecule has 9 heteroatoms. The molecule has 4 atom stereocenters. The summed E-state index contributed by atoms with van der Waals surface area (Å²) in [5.74, 6) is 0.805.